The van der Waals surface area contributed by atoms with Gasteiger partial charge < -0.3 is 9.47 Å². The third-order valence-corrected chi connectivity index (χ3v) is 6.97. The first-order valence-electron chi connectivity index (χ1n) is 10.7. The van der Waals surface area contributed by atoms with E-state index in [0.29, 0.717) is 18.0 Å². The van der Waals surface area contributed by atoms with Gasteiger partial charge in [0.25, 0.3) is 0 Å². The highest BCUT2D eigenvalue weighted by atomic mass is 32.2. The lowest BCUT2D eigenvalue weighted by Crippen LogP contribution is -2.30. The van der Waals surface area contributed by atoms with E-state index in [9.17, 15) is 8.42 Å². The highest BCUT2D eigenvalue weighted by Gasteiger charge is 2.26. The molecule has 0 aliphatic carbocycles. The molecule has 0 amide bonds. The van der Waals surface area contributed by atoms with Gasteiger partial charge in [0.15, 0.2) is 0 Å². The Morgan fingerprint density at radius 2 is 1.65 bits per heavy atom. The van der Waals surface area contributed by atoms with Gasteiger partial charge in [-0.25, -0.2) is 8.42 Å². The molecule has 3 aromatic carbocycles. The summed E-state index contributed by atoms with van der Waals surface area (Å²) in [6.07, 6.45) is 1.42. The van der Waals surface area contributed by atoms with Crippen LogP contribution >= 0.6 is 0 Å². The number of rotatable bonds is 10. The van der Waals surface area contributed by atoms with E-state index in [1.807, 2.05) is 61.5 Å². The molecular weight excluding hydrogens is 454 g/mol. The summed E-state index contributed by atoms with van der Waals surface area (Å²) in [5.74, 6) is 1.08. The highest BCUT2D eigenvalue weighted by molar-refractivity contribution is 7.89. The molecule has 0 atom stereocenters. The van der Waals surface area contributed by atoms with Crippen LogP contribution in [0.15, 0.2) is 84.0 Å². The van der Waals surface area contributed by atoms with Gasteiger partial charge in [-0.1, -0.05) is 42.5 Å². The number of benzene rings is 3. The first kappa shape index (κ1) is 23.4. The monoisotopic (exact) mass is 479 g/mol. The van der Waals surface area contributed by atoms with E-state index < -0.39 is 10.0 Å². The van der Waals surface area contributed by atoms with Gasteiger partial charge in [0, 0.05) is 19.2 Å². The molecule has 0 N–H and O–H groups in total. The van der Waals surface area contributed by atoms with Crippen LogP contribution in [0.4, 0.5) is 0 Å². The summed E-state index contributed by atoms with van der Waals surface area (Å²) in [6.45, 7) is 2.89. The molecule has 0 spiro atoms. The summed E-state index contributed by atoms with van der Waals surface area (Å²) in [4.78, 5) is 0.114. The van der Waals surface area contributed by atoms with Gasteiger partial charge in [-0.2, -0.15) is 8.99 Å². The smallest absolute Gasteiger partial charge is 0.243 e. The number of hydrogen-bond donors (Lipinski definition) is 0. The van der Waals surface area contributed by atoms with Crippen molar-refractivity contribution in [3.05, 3.63) is 90.3 Å². The number of ether oxygens (including phenoxy) is 2. The fourth-order valence-electron chi connectivity index (χ4n) is 3.50. The van der Waals surface area contributed by atoms with Crippen LogP contribution < -0.4 is 9.47 Å². The van der Waals surface area contributed by atoms with Crippen molar-refractivity contribution in [2.75, 3.05) is 13.7 Å². The summed E-state index contributed by atoms with van der Waals surface area (Å²) < 4.78 is 41.4. The van der Waals surface area contributed by atoms with Crippen LogP contribution in [0.1, 0.15) is 18.1 Å². The number of aromatic nitrogens is 4. The first-order valence-corrected chi connectivity index (χ1v) is 12.1. The molecule has 9 nitrogen and oxygen atoms in total. The molecule has 176 valence electrons. The Morgan fingerprint density at radius 3 is 2.26 bits per heavy atom. The van der Waals surface area contributed by atoms with Crippen molar-refractivity contribution in [3.8, 4) is 17.2 Å². The molecule has 0 aliphatic rings. The minimum atomic E-state index is -3.87. The van der Waals surface area contributed by atoms with E-state index >= 15 is 0 Å². The average Bonchev–Trinajstić information content (AvgIpc) is 3.40. The summed E-state index contributed by atoms with van der Waals surface area (Å²) in [5, 5.41) is 11.1. The quantitative estimate of drug-likeness (QED) is 0.343. The molecule has 0 saturated carbocycles. The van der Waals surface area contributed by atoms with Gasteiger partial charge in [-0.3, -0.25) is 0 Å². The van der Waals surface area contributed by atoms with Crippen LogP contribution in [0, 0.1) is 0 Å². The Labute approximate surface area is 198 Å². The zero-order valence-electron chi connectivity index (χ0n) is 18.9. The first-order chi connectivity index (χ1) is 16.5. The van der Waals surface area contributed by atoms with Crippen molar-refractivity contribution in [2.24, 2.45) is 0 Å². The normalized spacial score (nSPS) is 11.5. The zero-order chi connectivity index (χ0) is 24.0. The molecular formula is C24H25N5O4S. The third kappa shape index (κ3) is 5.24. The average molecular weight is 480 g/mol. The molecule has 0 saturated heterocycles. The Morgan fingerprint density at radius 1 is 0.941 bits per heavy atom. The van der Waals surface area contributed by atoms with Crippen molar-refractivity contribution in [1.82, 2.24) is 24.5 Å². The summed E-state index contributed by atoms with van der Waals surface area (Å²) in [5.41, 5.74) is 2.27. The molecule has 0 radical (unpaired) electrons. The highest BCUT2D eigenvalue weighted by Crippen LogP contribution is 2.29. The van der Waals surface area contributed by atoms with Crippen molar-refractivity contribution in [1.29, 1.82) is 0 Å². The zero-order valence-corrected chi connectivity index (χ0v) is 19.7. The number of methoxy groups -OCH3 is 1. The third-order valence-electron chi connectivity index (χ3n) is 5.18. The minimum Gasteiger partial charge on any atom is -0.494 e. The molecule has 0 unspecified atom stereocenters. The number of nitrogens with zero attached hydrogens (tertiary/aromatic N) is 5. The minimum absolute atomic E-state index is 0.114. The fourth-order valence-corrected chi connectivity index (χ4v) is 4.93. The summed E-state index contributed by atoms with van der Waals surface area (Å²) >= 11 is 0. The molecule has 0 bridgehead atoms. The molecule has 1 aromatic heterocycles. The second-order valence-electron chi connectivity index (χ2n) is 7.42. The van der Waals surface area contributed by atoms with Crippen molar-refractivity contribution in [2.45, 2.75) is 24.9 Å². The predicted octanol–water partition coefficient (Wildman–Crippen LogP) is 3.46. The molecule has 0 aliphatic heterocycles. The molecule has 1 heterocycles. The van der Waals surface area contributed by atoms with E-state index in [1.165, 1.54) is 34.6 Å². The number of sulfonamides is 1. The lowest BCUT2D eigenvalue weighted by Gasteiger charge is -2.23. The number of hydrogen-bond acceptors (Lipinski definition) is 7. The maximum Gasteiger partial charge on any atom is 0.243 e. The van der Waals surface area contributed by atoms with E-state index in [-0.39, 0.29) is 18.0 Å². The Hall–Kier alpha value is -3.76. The lowest BCUT2D eigenvalue weighted by molar-refractivity contribution is 0.340. The fraction of sp³-hybridized carbons (Fsp3) is 0.208. The van der Waals surface area contributed by atoms with E-state index in [2.05, 4.69) is 15.5 Å². The van der Waals surface area contributed by atoms with E-state index in [0.717, 1.165) is 16.9 Å². The number of tetrazole rings is 1. The van der Waals surface area contributed by atoms with Gasteiger partial charge in [-0.15, -0.1) is 5.10 Å². The van der Waals surface area contributed by atoms with Gasteiger partial charge in [-0.05, 0) is 52.7 Å². The standard InChI is InChI=1S/C24H25N5O4S/c1-3-33-21-11-9-20(10-12-21)17-28(16-19-7-5-4-6-8-19)34(30,31)22-13-14-23(24(15-22)32-2)29-18-25-26-27-29/h4-15,18H,3,16-17H2,1-2H3. The maximum atomic E-state index is 13.8. The van der Waals surface area contributed by atoms with Crippen LogP contribution in [0.3, 0.4) is 0 Å². The van der Waals surface area contributed by atoms with Crippen LogP contribution in [0.2, 0.25) is 0 Å². The summed E-state index contributed by atoms with van der Waals surface area (Å²) in [7, 11) is -2.40. The second kappa shape index (κ2) is 10.4. The molecule has 4 aromatic rings. The Bertz CT molecular complexity index is 1310. The van der Waals surface area contributed by atoms with Crippen molar-refractivity contribution >= 4 is 10.0 Å². The second-order valence-corrected chi connectivity index (χ2v) is 9.36. The van der Waals surface area contributed by atoms with Crippen LogP contribution in [0.25, 0.3) is 5.69 Å². The van der Waals surface area contributed by atoms with E-state index in [1.54, 1.807) is 6.07 Å². The molecule has 0 fully saturated rings. The maximum absolute atomic E-state index is 13.8. The molecule has 10 heteroatoms. The predicted molar refractivity (Wildman–Crippen MR) is 126 cm³/mol. The Kier molecular flexibility index (Phi) is 7.19. The summed E-state index contributed by atoms with van der Waals surface area (Å²) in [6, 6.07) is 21.6. The largest absolute Gasteiger partial charge is 0.494 e. The van der Waals surface area contributed by atoms with Crippen LogP contribution in [-0.2, 0) is 23.1 Å². The van der Waals surface area contributed by atoms with Gasteiger partial charge >= 0.3 is 0 Å². The van der Waals surface area contributed by atoms with E-state index in [4.69, 9.17) is 9.47 Å². The van der Waals surface area contributed by atoms with Crippen LogP contribution in [-0.4, -0.2) is 46.6 Å². The van der Waals surface area contributed by atoms with Crippen molar-refractivity contribution < 1.29 is 17.9 Å². The Balaban J connectivity index is 1.69. The van der Waals surface area contributed by atoms with Crippen molar-refractivity contribution in [3.63, 3.8) is 0 Å². The van der Waals surface area contributed by atoms with Gasteiger partial charge in [0.05, 0.1) is 18.6 Å². The van der Waals surface area contributed by atoms with Crippen LogP contribution in [0.5, 0.6) is 11.5 Å². The topological polar surface area (TPSA) is 99.4 Å². The molecule has 34 heavy (non-hydrogen) atoms. The van der Waals surface area contributed by atoms with Gasteiger partial charge in [0.2, 0.25) is 10.0 Å². The lowest BCUT2D eigenvalue weighted by atomic mass is 10.2. The SMILES string of the molecule is CCOc1ccc(CN(Cc2ccccc2)S(=O)(=O)c2ccc(-n3cnnn3)c(OC)c2)cc1. The molecule has 4 rings (SSSR count). The van der Waals surface area contributed by atoms with Gasteiger partial charge in [0.1, 0.15) is 23.5 Å².